The molecule has 0 fully saturated rings. The van der Waals surface area contributed by atoms with Crippen LogP contribution < -0.4 is 10.1 Å². The molecule has 1 amide bonds. The minimum atomic E-state index is -0.969. The molecule has 2 aromatic carbocycles. The second-order valence-corrected chi connectivity index (χ2v) is 6.02. The number of halogens is 2. The topological polar surface area (TPSA) is 68.3 Å². The van der Waals surface area contributed by atoms with Crippen LogP contribution >= 0.6 is 11.3 Å². The van der Waals surface area contributed by atoms with Crippen LogP contribution in [0.15, 0.2) is 47.8 Å². The molecule has 0 saturated heterocycles. The number of aldehydes is 1. The van der Waals surface area contributed by atoms with E-state index in [2.05, 4.69) is 10.3 Å². The highest BCUT2D eigenvalue weighted by molar-refractivity contribution is 7.14. The highest BCUT2D eigenvalue weighted by atomic mass is 32.1. The number of thiazole rings is 1. The molecular formula is C18H12F2N2O3S. The quantitative estimate of drug-likeness (QED) is 0.664. The first-order valence-corrected chi connectivity index (χ1v) is 8.32. The monoisotopic (exact) mass is 374 g/mol. The summed E-state index contributed by atoms with van der Waals surface area (Å²) in [7, 11) is 0. The average Bonchev–Trinajstić information content (AvgIpc) is 3.11. The van der Waals surface area contributed by atoms with Gasteiger partial charge >= 0.3 is 0 Å². The summed E-state index contributed by atoms with van der Waals surface area (Å²) in [6, 6.07) is 9.99. The zero-order valence-electron chi connectivity index (χ0n) is 13.2. The number of hydrogen-bond acceptors (Lipinski definition) is 5. The van der Waals surface area contributed by atoms with Crippen molar-refractivity contribution >= 4 is 28.7 Å². The van der Waals surface area contributed by atoms with Gasteiger partial charge in [-0.1, -0.05) is 12.1 Å². The number of aromatic nitrogens is 1. The summed E-state index contributed by atoms with van der Waals surface area (Å²) < 4.78 is 31.6. The highest BCUT2D eigenvalue weighted by Crippen LogP contribution is 2.26. The molecule has 3 rings (SSSR count). The zero-order valence-corrected chi connectivity index (χ0v) is 14.1. The molecule has 132 valence electrons. The predicted molar refractivity (Wildman–Crippen MR) is 93.4 cm³/mol. The van der Waals surface area contributed by atoms with Gasteiger partial charge in [-0.15, -0.1) is 11.3 Å². The van der Waals surface area contributed by atoms with Crippen LogP contribution in [0.4, 0.5) is 13.9 Å². The van der Waals surface area contributed by atoms with E-state index in [4.69, 9.17) is 4.74 Å². The Labute approximate surface area is 151 Å². The fourth-order valence-corrected chi connectivity index (χ4v) is 2.86. The SMILES string of the molecule is O=Cc1ccccc1OCC(=O)Nc1nc(-c2ccc(F)c(F)c2)cs1. The lowest BCUT2D eigenvalue weighted by Gasteiger charge is -2.07. The van der Waals surface area contributed by atoms with Crippen molar-refractivity contribution in [3.8, 4) is 17.0 Å². The lowest BCUT2D eigenvalue weighted by Crippen LogP contribution is -2.20. The number of benzene rings is 2. The van der Waals surface area contributed by atoms with Crippen molar-refractivity contribution in [3.05, 3.63) is 65.0 Å². The standard InChI is InChI=1S/C18H12F2N2O3S/c19-13-6-5-11(7-14(13)20)15-10-26-18(21-15)22-17(24)9-25-16-4-2-1-3-12(16)8-23/h1-8,10H,9H2,(H,21,22,24). The van der Waals surface area contributed by atoms with Gasteiger partial charge in [0.05, 0.1) is 11.3 Å². The number of nitrogens with one attached hydrogen (secondary N) is 1. The third kappa shape index (κ3) is 4.09. The van der Waals surface area contributed by atoms with Gasteiger partial charge in [-0.05, 0) is 30.3 Å². The smallest absolute Gasteiger partial charge is 0.264 e. The second-order valence-electron chi connectivity index (χ2n) is 5.16. The molecule has 0 spiro atoms. The molecule has 3 aromatic rings. The Balaban J connectivity index is 1.62. The van der Waals surface area contributed by atoms with E-state index in [0.29, 0.717) is 34.0 Å². The van der Waals surface area contributed by atoms with Crippen LogP contribution in [0.25, 0.3) is 11.3 Å². The van der Waals surface area contributed by atoms with E-state index >= 15 is 0 Å². The molecule has 1 aromatic heterocycles. The van der Waals surface area contributed by atoms with Crippen molar-refractivity contribution in [2.75, 3.05) is 11.9 Å². The Morgan fingerprint density at radius 2 is 2.00 bits per heavy atom. The summed E-state index contributed by atoms with van der Waals surface area (Å²) in [5.74, 6) is -2.07. The molecule has 0 aliphatic rings. The number of rotatable bonds is 6. The third-order valence-electron chi connectivity index (χ3n) is 3.37. The van der Waals surface area contributed by atoms with Gasteiger partial charge in [-0.3, -0.25) is 14.9 Å². The maximum Gasteiger partial charge on any atom is 0.264 e. The van der Waals surface area contributed by atoms with Crippen molar-refractivity contribution in [1.82, 2.24) is 4.98 Å². The lowest BCUT2D eigenvalue weighted by atomic mass is 10.2. The average molecular weight is 374 g/mol. The Bertz CT molecular complexity index is 959. The number of carbonyl (C=O) groups excluding carboxylic acids is 2. The fraction of sp³-hybridized carbons (Fsp3) is 0.0556. The molecule has 5 nitrogen and oxygen atoms in total. The predicted octanol–water partition coefficient (Wildman–Crippen LogP) is 3.92. The molecule has 1 heterocycles. The number of ether oxygens (including phenoxy) is 1. The molecule has 1 N–H and O–H groups in total. The van der Waals surface area contributed by atoms with Crippen LogP contribution in [-0.4, -0.2) is 23.8 Å². The molecular weight excluding hydrogens is 362 g/mol. The number of para-hydroxylation sites is 1. The molecule has 0 unspecified atom stereocenters. The van der Waals surface area contributed by atoms with E-state index in [9.17, 15) is 18.4 Å². The van der Waals surface area contributed by atoms with Crippen molar-refractivity contribution in [2.24, 2.45) is 0 Å². The van der Waals surface area contributed by atoms with Crippen molar-refractivity contribution < 1.29 is 23.1 Å². The van der Waals surface area contributed by atoms with Crippen LogP contribution in [0.5, 0.6) is 5.75 Å². The van der Waals surface area contributed by atoms with Gasteiger partial charge in [0.1, 0.15) is 5.75 Å². The van der Waals surface area contributed by atoms with E-state index in [1.807, 2.05) is 0 Å². The van der Waals surface area contributed by atoms with Crippen molar-refractivity contribution in [1.29, 1.82) is 0 Å². The summed E-state index contributed by atoms with van der Waals surface area (Å²) in [5, 5.41) is 4.46. The van der Waals surface area contributed by atoms with Gasteiger partial charge in [0.15, 0.2) is 29.7 Å². The summed E-state index contributed by atoms with van der Waals surface area (Å²) in [6.45, 7) is -0.301. The summed E-state index contributed by atoms with van der Waals surface area (Å²) in [5.41, 5.74) is 1.16. The molecule has 26 heavy (non-hydrogen) atoms. The van der Waals surface area contributed by atoms with Crippen LogP contribution in [0.3, 0.4) is 0 Å². The maximum atomic E-state index is 13.3. The number of carbonyl (C=O) groups is 2. The molecule has 0 atom stereocenters. The van der Waals surface area contributed by atoms with E-state index in [0.717, 1.165) is 23.5 Å². The molecule has 0 aliphatic heterocycles. The van der Waals surface area contributed by atoms with E-state index in [1.165, 1.54) is 6.07 Å². The number of nitrogens with zero attached hydrogens (tertiary/aromatic N) is 1. The first-order valence-electron chi connectivity index (χ1n) is 7.44. The molecule has 0 aliphatic carbocycles. The van der Waals surface area contributed by atoms with Crippen LogP contribution in [-0.2, 0) is 4.79 Å². The molecule has 8 heteroatoms. The number of anilines is 1. The molecule has 0 radical (unpaired) electrons. The van der Waals surface area contributed by atoms with Gasteiger partial charge in [0.25, 0.3) is 5.91 Å². The van der Waals surface area contributed by atoms with Gasteiger partial charge < -0.3 is 4.74 Å². The first-order chi connectivity index (χ1) is 12.6. The van der Waals surface area contributed by atoms with Crippen LogP contribution in [0.1, 0.15) is 10.4 Å². The molecule has 0 bridgehead atoms. The first kappa shape index (κ1) is 17.7. The number of amides is 1. The third-order valence-corrected chi connectivity index (χ3v) is 4.13. The van der Waals surface area contributed by atoms with Gasteiger partial charge in [-0.2, -0.15) is 0 Å². The van der Waals surface area contributed by atoms with Crippen LogP contribution in [0.2, 0.25) is 0 Å². The second kappa shape index (κ2) is 7.83. The Kier molecular flexibility index (Phi) is 5.33. The van der Waals surface area contributed by atoms with Gasteiger partial charge in [0, 0.05) is 10.9 Å². The summed E-state index contributed by atoms with van der Waals surface area (Å²) in [4.78, 5) is 27.0. The minimum Gasteiger partial charge on any atom is -0.483 e. The zero-order chi connectivity index (χ0) is 18.5. The largest absolute Gasteiger partial charge is 0.483 e. The number of hydrogen-bond donors (Lipinski definition) is 1. The highest BCUT2D eigenvalue weighted by Gasteiger charge is 2.11. The summed E-state index contributed by atoms with van der Waals surface area (Å²) in [6.07, 6.45) is 0.641. The lowest BCUT2D eigenvalue weighted by molar-refractivity contribution is -0.118. The van der Waals surface area contributed by atoms with Crippen molar-refractivity contribution in [2.45, 2.75) is 0 Å². The Morgan fingerprint density at radius 1 is 1.19 bits per heavy atom. The Hall–Kier alpha value is -3.13. The molecule has 0 saturated carbocycles. The summed E-state index contributed by atoms with van der Waals surface area (Å²) >= 11 is 1.14. The van der Waals surface area contributed by atoms with E-state index in [1.54, 1.807) is 29.6 Å². The van der Waals surface area contributed by atoms with Crippen molar-refractivity contribution in [3.63, 3.8) is 0 Å². The van der Waals surface area contributed by atoms with E-state index < -0.39 is 17.5 Å². The minimum absolute atomic E-state index is 0.294. The van der Waals surface area contributed by atoms with E-state index in [-0.39, 0.29) is 6.61 Å². The Morgan fingerprint density at radius 3 is 2.77 bits per heavy atom. The van der Waals surface area contributed by atoms with Gasteiger partial charge in [-0.25, -0.2) is 13.8 Å². The fourth-order valence-electron chi connectivity index (χ4n) is 2.13. The normalized spacial score (nSPS) is 10.4. The maximum absolute atomic E-state index is 13.3. The van der Waals surface area contributed by atoms with Crippen LogP contribution in [0, 0.1) is 11.6 Å². The van der Waals surface area contributed by atoms with Gasteiger partial charge in [0.2, 0.25) is 0 Å².